The third-order valence-corrected chi connectivity index (χ3v) is 4.20. The number of amides is 1. The fraction of sp³-hybridized carbons (Fsp3) is 0.611. The lowest BCUT2D eigenvalue weighted by atomic mass is 9.98. The number of rotatable bonds is 5. The molecule has 1 aliphatic heterocycles. The van der Waals surface area contributed by atoms with Crippen molar-refractivity contribution < 1.29 is 9.53 Å². The van der Waals surface area contributed by atoms with Gasteiger partial charge in [-0.3, -0.25) is 4.79 Å². The minimum atomic E-state index is 0.108. The Morgan fingerprint density at radius 3 is 2.64 bits per heavy atom. The molecule has 1 aromatic carbocycles. The summed E-state index contributed by atoms with van der Waals surface area (Å²) in [7, 11) is 0. The van der Waals surface area contributed by atoms with E-state index in [-0.39, 0.29) is 12.0 Å². The molecule has 1 amide bonds. The number of hydrogen-bond acceptors (Lipinski definition) is 3. The van der Waals surface area contributed by atoms with Gasteiger partial charge in [0.25, 0.3) is 0 Å². The molecule has 1 saturated heterocycles. The predicted molar refractivity (Wildman–Crippen MR) is 89.9 cm³/mol. The van der Waals surface area contributed by atoms with E-state index >= 15 is 0 Å². The fourth-order valence-electron chi connectivity index (χ4n) is 2.78. The molecule has 0 bridgehead atoms. The largest absolute Gasteiger partial charge is 0.489 e. The van der Waals surface area contributed by atoms with Crippen LogP contribution in [0.25, 0.3) is 0 Å². The first kappa shape index (κ1) is 16.7. The van der Waals surface area contributed by atoms with E-state index in [0.29, 0.717) is 12.1 Å². The van der Waals surface area contributed by atoms with Gasteiger partial charge in [-0.2, -0.15) is 0 Å². The molecule has 0 aromatic heterocycles. The van der Waals surface area contributed by atoms with E-state index in [0.717, 1.165) is 49.6 Å². The van der Waals surface area contributed by atoms with Gasteiger partial charge in [0.1, 0.15) is 5.75 Å². The van der Waals surface area contributed by atoms with Gasteiger partial charge >= 0.3 is 0 Å². The van der Waals surface area contributed by atoms with Gasteiger partial charge in [-0.25, -0.2) is 0 Å². The van der Waals surface area contributed by atoms with Crippen LogP contribution in [0.1, 0.15) is 45.6 Å². The normalized spacial score (nSPS) is 16.1. The zero-order valence-electron chi connectivity index (χ0n) is 14.0. The molecule has 2 N–H and O–H groups in total. The van der Waals surface area contributed by atoms with Crippen LogP contribution in [-0.4, -0.2) is 30.0 Å². The van der Waals surface area contributed by atoms with Crippen molar-refractivity contribution >= 4 is 11.6 Å². The molecule has 22 heavy (non-hydrogen) atoms. The zero-order chi connectivity index (χ0) is 16.1. The van der Waals surface area contributed by atoms with Crippen molar-refractivity contribution in [1.82, 2.24) is 4.90 Å². The van der Waals surface area contributed by atoms with Crippen molar-refractivity contribution in [1.29, 1.82) is 0 Å². The number of likely N-dealkylation sites (tertiary alicyclic amines) is 1. The fourth-order valence-corrected chi connectivity index (χ4v) is 2.78. The standard InChI is InChI=1S/C18H28N2O2/c1-13(2)22-17-6-4-15(12-16(17)19)5-7-18(21)20-10-8-14(3)9-11-20/h4,6,12-14H,5,7-11,19H2,1-3H3. The molecule has 122 valence electrons. The molecular formula is C18H28N2O2. The number of carbonyl (C=O) groups excluding carboxylic acids is 1. The molecule has 4 heteroatoms. The van der Waals surface area contributed by atoms with Crippen LogP contribution in [0.15, 0.2) is 18.2 Å². The lowest BCUT2D eigenvalue weighted by Crippen LogP contribution is -2.37. The number of piperidine rings is 1. The summed E-state index contributed by atoms with van der Waals surface area (Å²) in [5.74, 6) is 1.72. The second kappa shape index (κ2) is 7.52. The van der Waals surface area contributed by atoms with Crippen molar-refractivity contribution in [3.63, 3.8) is 0 Å². The van der Waals surface area contributed by atoms with Gasteiger partial charge in [0.2, 0.25) is 5.91 Å². The van der Waals surface area contributed by atoms with Crippen LogP contribution in [-0.2, 0) is 11.2 Å². The quantitative estimate of drug-likeness (QED) is 0.850. The minimum absolute atomic E-state index is 0.108. The molecule has 0 radical (unpaired) electrons. The van der Waals surface area contributed by atoms with Gasteiger partial charge in [-0.15, -0.1) is 0 Å². The van der Waals surface area contributed by atoms with Gasteiger partial charge in [0.15, 0.2) is 0 Å². The molecule has 0 unspecified atom stereocenters. The van der Waals surface area contributed by atoms with Gasteiger partial charge in [0.05, 0.1) is 11.8 Å². The number of nitrogens with two attached hydrogens (primary N) is 1. The maximum atomic E-state index is 12.2. The molecule has 0 atom stereocenters. The average Bonchev–Trinajstić information content (AvgIpc) is 2.47. The number of carbonyl (C=O) groups is 1. The van der Waals surface area contributed by atoms with Crippen LogP contribution >= 0.6 is 0 Å². The molecular weight excluding hydrogens is 276 g/mol. The van der Waals surface area contributed by atoms with E-state index in [4.69, 9.17) is 10.5 Å². The highest BCUT2D eigenvalue weighted by Gasteiger charge is 2.19. The van der Waals surface area contributed by atoms with E-state index in [2.05, 4.69) is 6.92 Å². The maximum absolute atomic E-state index is 12.2. The highest BCUT2D eigenvalue weighted by molar-refractivity contribution is 5.76. The summed E-state index contributed by atoms with van der Waals surface area (Å²) < 4.78 is 5.63. The molecule has 2 rings (SSSR count). The van der Waals surface area contributed by atoms with Crippen LogP contribution < -0.4 is 10.5 Å². The Kier molecular flexibility index (Phi) is 5.69. The topological polar surface area (TPSA) is 55.6 Å². The lowest BCUT2D eigenvalue weighted by molar-refractivity contribution is -0.132. The second-order valence-corrected chi connectivity index (χ2v) is 6.60. The minimum Gasteiger partial charge on any atom is -0.489 e. The van der Waals surface area contributed by atoms with E-state index < -0.39 is 0 Å². The molecule has 0 saturated carbocycles. The highest BCUT2D eigenvalue weighted by Crippen LogP contribution is 2.24. The van der Waals surface area contributed by atoms with Crippen LogP contribution in [0.5, 0.6) is 5.75 Å². The molecule has 1 fully saturated rings. The van der Waals surface area contributed by atoms with Crippen molar-refractivity contribution in [2.75, 3.05) is 18.8 Å². The summed E-state index contributed by atoms with van der Waals surface area (Å²) in [6.07, 6.45) is 3.64. The zero-order valence-corrected chi connectivity index (χ0v) is 14.0. The summed E-state index contributed by atoms with van der Waals surface area (Å²) in [6.45, 7) is 8.02. The molecule has 1 aliphatic rings. The van der Waals surface area contributed by atoms with Crippen LogP contribution in [0, 0.1) is 5.92 Å². The molecule has 1 aromatic rings. The molecule has 4 nitrogen and oxygen atoms in total. The number of aryl methyl sites for hydroxylation is 1. The third kappa shape index (κ3) is 4.65. The Morgan fingerprint density at radius 1 is 1.36 bits per heavy atom. The number of nitrogens with zero attached hydrogens (tertiary/aromatic N) is 1. The monoisotopic (exact) mass is 304 g/mol. The molecule has 1 heterocycles. The van der Waals surface area contributed by atoms with Crippen molar-refractivity contribution in [3.8, 4) is 5.75 Å². The summed E-state index contributed by atoms with van der Waals surface area (Å²) in [6, 6.07) is 5.82. The van der Waals surface area contributed by atoms with Crippen molar-refractivity contribution in [2.24, 2.45) is 5.92 Å². The van der Waals surface area contributed by atoms with E-state index in [9.17, 15) is 4.79 Å². The maximum Gasteiger partial charge on any atom is 0.222 e. The Labute approximate surface area is 133 Å². The summed E-state index contributed by atoms with van der Waals surface area (Å²) in [5, 5.41) is 0. The number of ether oxygens (including phenoxy) is 1. The summed E-state index contributed by atoms with van der Waals surface area (Å²) in [5.41, 5.74) is 7.75. The van der Waals surface area contributed by atoms with Crippen molar-refractivity contribution in [3.05, 3.63) is 23.8 Å². The number of nitrogen functional groups attached to an aromatic ring is 1. The first-order valence-corrected chi connectivity index (χ1v) is 8.28. The van der Waals surface area contributed by atoms with Crippen LogP contribution in [0.2, 0.25) is 0 Å². The summed E-state index contributed by atoms with van der Waals surface area (Å²) in [4.78, 5) is 14.2. The van der Waals surface area contributed by atoms with E-state index in [1.54, 1.807) is 0 Å². The van der Waals surface area contributed by atoms with E-state index in [1.165, 1.54) is 0 Å². The molecule has 0 aliphatic carbocycles. The average molecular weight is 304 g/mol. The number of anilines is 1. The smallest absolute Gasteiger partial charge is 0.222 e. The van der Waals surface area contributed by atoms with Crippen molar-refractivity contribution in [2.45, 2.75) is 52.6 Å². The first-order chi connectivity index (χ1) is 10.5. The highest BCUT2D eigenvalue weighted by atomic mass is 16.5. The Morgan fingerprint density at radius 2 is 2.05 bits per heavy atom. The van der Waals surface area contributed by atoms with E-state index in [1.807, 2.05) is 36.9 Å². The SMILES string of the molecule is CC1CCN(C(=O)CCc2ccc(OC(C)C)c(N)c2)CC1. The van der Waals surface area contributed by atoms with Crippen LogP contribution in [0.3, 0.4) is 0 Å². The Hall–Kier alpha value is -1.71. The second-order valence-electron chi connectivity index (χ2n) is 6.60. The Balaban J connectivity index is 1.86. The summed E-state index contributed by atoms with van der Waals surface area (Å²) >= 11 is 0. The first-order valence-electron chi connectivity index (χ1n) is 8.28. The lowest BCUT2D eigenvalue weighted by Gasteiger charge is -2.30. The Bertz CT molecular complexity index is 506. The number of hydrogen-bond donors (Lipinski definition) is 1. The van der Waals surface area contributed by atoms with Crippen LogP contribution in [0.4, 0.5) is 5.69 Å². The van der Waals surface area contributed by atoms with Gasteiger partial charge in [-0.1, -0.05) is 13.0 Å². The van der Waals surface area contributed by atoms with Gasteiger partial charge in [0, 0.05) is 19.5 Å². The predicted octanol–water partition coefficient (Wildman–Crippen LogP) is 3.25. The third-order valence-electron chi connectivity index (χ3n) is 4.20. The van der Waals surface area contributed by atoms with Gasteiger partial charge in [-0.05, 0) is 56.7 Å². The van der Waals surface area contributed by atoms with Gasteiger partial charge < -0.3 is 15.4 Å². The number of benzene rings is 1. The molecule has 0 spiro atoms.